The molecule has 0 bridgehead atoms. The van der Waals surface area contributed by atoms with E-state index in [9.17, 15) is 10.1 Å². The van der Waals surface area contributed by atoms with E-state index < -0.39 is 6.04 Å². The monoisotopic (exact) mass is 306 g/mol. The van der Waals surface area contributed by atoms with E-state index in [4.69, 9.17) is 9.47 Å². The maximum absolute atomic E-state index is 12.7. The molecule has 2 aromatic carbocycles. The smallest absolute Gasteiger partial charge is 0.256 e. The molecule has 5 nitrogen and oxygen atoms in total. The Morgan fingerprint density at radius 3 is 2.91 bits per heavy atom. The molecule has 1 unspecified atom stereocenters. The second kappa shape index (κ2) is 5.03. The zero-order valence-electron chi connectivity index (χ0n) is 12.6. The summed E-state index contributed by atoms with van der Waals surface area (Å²) in [5.74, 6) is 1.29. The average Bonchev–Trinajstić information content (AvgIpc) is 3.11. The number of carbonyl (C=O) groups excluding carboxylic acids is 1. The standard InChI is InChI=1S/C18H14N2O3/c1-11-3-2-4-13-14(8-19)20(18(21)17(11)13)9-12-5-6-15-16(7-12)23-10-22-15/h2-7,14H,9-10H2,1H3. The molecule has 0 saturated carbocycles. The molecule has 2 aliphatic heterocycles. The van der Waals surface area contributed by atoms with Crippen LogP contribution in [0.2, 0.25) is 0 Å². The van der Waals surface area contributed by atoms with Gasteiger partial charge < -0.3 is 14.4 Å². The molecule has 2 aliphatic rings. The van der Waals surface area contributed by atoms with Gasteiger partial charge in [-0.15, -0.1) is 0 Å². The molecule has 2 aromatic rings. The van der Waals surface area contributed by atoms with Crippen LogP contribution >= 0.6 is 0 Å². The van der Waals surface area contributed by atoms with E-state index in [1.54, 1.807) is 4.90 Å². The predicted molar refractivity (Wildman–Crippen MR) is 82.0 cm³/mol. The molecule has 0 saturated heterocycles. The second-order valence-electron chi connectivity index (χ2n) is 5.69. The SMILES string of the molecule is Cc1cccc2c1C(=O)N(Cc1ccc3c(c1)OCO3)C2C#N. The van der Waals surface area contributed by atoms with Gasteiger partial charge in [-0.3, -0.25) is 4.79 Å². The van der Waals surface area contributed by atoms with Gasteiger partial charge in [-0.05, 0) is 30.2 Å². The summed E-state index contributed by atoms with van der Waals surface area (Å²) in [6.45, 7) is 2.48. The van der Waals surface area contributed by atoms with E-state index in [2.05, 4.69) is 6.07 Å². The van der Waals surface area contributed by atoms with Crippen LogP contribution in [0.5, 0.6) is 11.5 Å². The number of ether oxygens (including phenoxy) is 2. The van der Waals surface area contributed by atoms with E-state index in [1.165, 1.54) is 0 Å². The Morgan fingerprint density at radius 1 is 1.26 bits per heavy atom. The molecule has 1 amide bonds. The lowest BCUT2D eigenvalue weighted by Crippen LogP contribution is -2.27. The molecule has 0 radical (unpaired) electrons. The Kier molecular flexibility index (Phi) is 2.98. The number of amides is 1. The third kappa shape index (κ3) is 2.03. The van der Waals surface area contributed by atoms with E-state index >= 15 is 0 Å². The molecule has 23 heavy (non-hydrogen) atoms. The number of hydrogen-bond acceptors (Lipinski definition) is 4. The number of fused-ring (bicyclic) bond motifs is 2. The van der Waals surface area contributed by atoms with Crippen molar-refractivity contribution in [2.75, 3.05) is 6.79 Å². The van der Waals surface area contributed by atoms with Gasteiger partial charge in [0, 0.05) is 17.7 Å². The first kappa shape index (κ1) is 13.6. The van der Waals surface area contributed by atoms with E-state index in [1.807, 2.05) is 43.3 Å². The van der Waals surface area contributed by atoms with Gasteiger partial charge in [0.05, 0.1) is 6.07 Å². The third-order valence-electron chi connectivity index (χ3n) is 4.30. The Morgan fingerprint density at radius 2 is 2.09 bits per heavy atom. The van der Waals surface area contributed by atoms with Crippen molar-refractivity contribution in [3.05, 3.63) is 58.7 Å². The molecular formula is C18H14N2O3. The lowest BCUT2D eigenvalue weighted by atomic mass is 10.0. The first-order valence-corrected chi connectivity index (χ1v) is 7.37. The highest BCUT2D eigenvalue weighted by molar-refractivity contribution is 6.01. The molecule has 5 heteroatoms. The van der Waals surface area contributed by atoms with Crippen LogP contribution in [0.15, 0.2) is 36.4 Å². The Hall–Kier alpha value is -3.00. The number of carbonyl (C=O) groups is 1. The summed E-state index contributed by atoms with van der Waals surface area (Å²) < 4.78 is 10.7. The summed E-state index contributed by atoms with van der Waals surface area (Å²) in [6.07, 6.45) is 0. The topological polar surface area (TPSA) is 62.6 Å². The van der Waals surface area contributed by atoms with Crippen LogP contribution < -0.4 is 9.47 Å². The minimum absolute atomic E-state index is 0.0951. The van der Waals surface area contributed by atoms with Crippen molar-refractivity contribution < 1.29 is 14.3 Å². The maximum atomic E-state index is 12.7. The van der Waals surface area contributed by atoms with Crippen LogP contribution in [-0.4, -0.2) is 17.6 Å². The number of rotatable bonds is 2. The van der Waals surface area contributed by atoms with Crippen molar-refractivity contribution in [2.45, 2.75) is 19.5 Å². The summed E-state index contributed by atoms with van der Waals surface area (Å²) in [5, 5.41) is 9.54. The molecule has 0 fully saturated rings. The normalized spacial score (nSPS) is 18.0. The number of aryl methyl sites for hydroxylation is 1. The van der Waals surface area contributed by atoms with Crippen molar-refractivity contribution in [3.8, 4) is 17.6 Å². The van der Waals surface area contributed by atoms with Gasteiger partial charge in [0.25, 0.3) is 5.91 Å². The van der Waals surface area contributed by atoms with Crippen LogP contribution in [0.4, 0.5) is 0 Å². The summed E-state index contributed by atoms with van der Waals surface area (Å²) in [5.41, 5.74) is 3.26. The maximum Gasteiger partial charge on any atom is 0.256 e. The Balaban J connectivity index is 1.69. The molecule has 0 aliphatic carbocycles. The Labute approximate surface area is 133 Å². The first-order chi connectivity index (χ1) is 11.2. The fraction of sp³-hybridized carbons (Fsp3) is 0.222. The number of benzene rings is 2. The van der Waals surface area contributed by atoms with Gasteiger partial charge in [0.2, 0.25) is 6.79 Å². The van der Waals surface area contributed by atoms with Crippen molar-refractivity contribution in [3.63, 3.8) is 0 Å². The second-order valence-corrected chi connectivity index (χ2v) is 5.69. The van der Waals surface area contributed by atoms with Crippen molar-refractivity contribution >= 4 is 5.91 Å². The molecule has 0 spiro atoms. The van der Waals surface area contributed by atoms with Crippen LogP contribution in [-0.2, 0) is 6.54 Å². The molecule has 4 rings (SSSR count). The molecule has 1 atom stereocenters. The highest BCUT2D eigenvalue weighted by Gasteiger charge is 2.37. The van der Waals surface area contributed by atoms with Gasteiger partial charge in [0.15, 0.2) is 11.5 Å². The molecular weight excluding hydrogens is 292 g/mol. The quantitative estimate of drug-likeness (QED) is 0.856. The lowest BCUT2D eigenvalue weighted by Gasteiger charge is -2.20. The van der Waals surface area contributed by atoms with Gasteiger partial charge in [-0.1, -0.05) is 24.3 Å². The fourth-order valence-electron chi connectivity index (χ4n) is 3.18. The third-order valence-corrected chi connectivity index (χ3v) is 4.30. The first-order valence-electron chi connectivity index (χ1n) is 7.37. The van der Waals surface area contributed by atoms with Crippen LogP contribution in [0.25, 0.3) is 0 Å². The molecule has 2 heterocycles. The van der Waals surface area contributed by atoms with E-state index in [0.29, 0.717) is 23.6 Å². The summed E-state index contributed by atoms with van der Waals surface area (Å²) in [7, 11) is 0. The average molecular weight is 306 g/mol. The highest BCUT2D eigenvalue weighted by atomic mass is 16.7. The molecule has 0 N–H and O–H groups in total. The lowest BCUT2D eigenvalue weighted by molar-refractivity contribution is 0.0744. The molecule has 114 valence electrons. The van der Waals surface area contributed by atoms with E-state index in [-0.39, 0.29) is 12.7 Å². The van der Waals surface area contributed by atoms with Crippen LogP contribution in [0.1, 0.15) is 33.1 Å². The van der Waals surface area contributed by atoms with Gasteiger partial charge in [-0.25, -0.2) is 0 Å². The zero-order chi connectivity index (χ0) is 16.0. The summed E-state index contributed by atoms with van der Waals surface area (Å²) >= 11 is 0. The highest BCUT2D eigenvalue weighted by Crippen LogP contribution is 2.38. The van der Waals surface area contributed by atoms with E-state index in [0.717, 1.165) is 16.7 Å². The minimum Gasteiger partial charge on any atom is -0.454 e. The summed E-state index contributed by atoms with van der Waals surface area (Å²) in [6, 6.07) is 12.9. The number of hydrogen-bond donors (Lipinski definition) is 0. The van der Waals surface area contributed by atoms with Gasteiger partial charge in [-0.2, -0.15) is 5.26 Å². The number of nitriles is 1. The van der Waals surface area contributed by atoms with Crippen molar-refractivity contribution in [1.29, 1.82) is 5.26 Å². The number of nitrogens with zero attached hydrogens (tertiary/aromatic N) is 2. The van der Waals surface area contributed by atoms with Gasteiger partial charge in [0.1, 0.15) is 6.04 Å². The molecule has 0 aromatic heterocycles. The van der Waals surface area contributed by atoms with Crippen molar-refractivity contribution in [1.82, 2.24) is 4.90 Å². The van der Waals surface area contributed by atoms with Crippen LogP contribution in [0.3, 0.4) is 0 Å². The van der Waals surface area contributed by atoms with Crippen LogP contribution in [0, 0.1) is 18.3 Å². The zero-order valence-corrected chi connectivity index (χ0v) is 12.6. The summed E-state index contributed by atoms with van der Waals surface area (Å²) in [4.78, 5) is 14.4. The predicted octanol–water partition coefficient (Wildman–Crippen LogP) is 2.94. The largest absolute Gasteiger partial charge is 0.454 e. The van der Waals surface area contributed by atoms with Crippen molar-refractivity contribution in [2.24, 2.45) is 0 Å². The Bertz CT molecular complexity index is 854. The fourth-order valence-corrected chi connectivity index (χ4v) is 3.18. The van der Waals surface area contributed by atoms with Gasteiger partial charge >= 0.3 is 0 Å². The minimum atomic E-state index is -0.553.